The molecule has 4 heteroatoms. The van der Waals surface area contributed by atoms with Crippen molar-refractivity contribution in [2.24, 2.45) is 5.73 Å². The first kappa shape index (κ1) is 39.2. The molecule has 3 aromatic heterocycles. The van der Waals surface area contributed by atoms with Crippen LogP contribution in [0.25, 0.3) is 111 Å². The summed E-state index contributed by atoms with van der Waals surface area (Å²) >= 11 is 0. The Bertz CT molecular complexity index is 3800. The third-order valence-electron chi connectivity index (χ3n) is 14.5. The van der Waals surface area contributed by atoms with Crippen LogP contribution in [0, 0.1) is 0 Å². The van der Waals surface area contributed by atoms with Gasteiger partial charge in [0.15, 0.2) is 0 Å². The van der Waals surface area contributed by atoms with E-state index in [-0.39, 0.29) is 0 Å². The minimum Gasteiger partial charge on any atom is -0.403 e. The first-order valence-electron chi connectivity index (χ1n) is 23.7. The largest absolute Gasteiger partial charge is 0.403 e. The maximum absolute atomic E-state index is 6.60. The number of aromatic nitrogens is 3. The summed E-state index contributed by atoms with van der Waals surface area (Å²) in [7, 11) is 0. The van der Waals surface area contributed by atoms with Gasteiger partial charge in [0.25, 0.3) is 0 Å². The Kier molecular flexibility index (Phi) is 9.21. The summed E-state index contributed by atoms with van der Waals surface area (Å²) in [5.41, 5.74) is 32.0. The summed E-state index contributed by atoms with van der Waals surface area (Å²) in [5, 5.41) is 5.16. The number of nitrogens with two attached hydrogens (primary N) is 1. The van der Waals surface area contributed by atoms with Gasteiger partial charge >= 0.3 is 0 Å². The number of benzene rings is 8. The maximum atomic E-state index is 6.60. The Morgan fingerprint density at radius 2 is 1.00 bits per heavy atom. The molecular weight excluding hydrogens is 813 g/mol. The molecular formula is C63H48N4. The fourth-order valence-corrected chi connectivity index (χ4v) is 11.5. The molecule has 0 fully saturated rings. The van der Waals surface area contributed by atoms with Crippen molar-refractivity contribution < 1.29 is 0 Å². The lowest BCUT2D eigenvalue weighted by atomic mass is 9.74. The van der Waals surface area contributed by atoms with Crippen LogP contribution in [0.3, 0.4) is 0 Å². The van der Waals surface area contributed by atoms with E-state index in [9.17, 15) is 0 Å². The molecule has 0 spiro atoms. The third kappa shape index (κ3) is 6.24. The first-order valence-corrected chi connectivity index (χ1v) is 23.7. The average Bonchev–Trinajstić information content (AvgIpc) is 3.90. The summed E-state index contributed by atoms with van der Waals surface area (Å²) in [6.07, 6.45) is 14.9. The zero-order chi connectivity index (χ0) is 44.6. The molecule has 13 rings (SSSR count). The third-order valence-corrected chi connectivity index (χ3v) is 14.5. The van der Waals surface area contributed by atoms with E-state index in [2.05, 4.69) is 203 Å². The molecule has 0 bridgehead atoms. The van der Waals surface area contributed by atoms with Crippen molar-refractivity contribution in [3.05, 3.63) is 223 Å². The predicted octanol–water partition coefficient (Wildman–Crippen LogP) is 15.5. The van der Waals surface area contributed by atoms with Gasteiger partial charge in [-0.1, -0.05) is 134 Å². The van der Waals surface area contributed by atoms with Gasteiger partial charge in [-0.05, 0) is 165 Å². The number of allylic oxidation sites excluding steroid dienone is 3. The van der Waals surface area contributed by atoms with Gasteiger partial charge in [0.1, 0.15) is 0 Å². The Hall–Kier alpha value is -8.21. The van der Waals surface area contributed by atoms with Gasteiger partial charge in [0, 0.05) is 33.9 Å². The maximum Gasteiger partial charge on any atom is 0.0645 e. The van der Waals surface area contributed by atoms with Crippen LogP contribution in [0.1, 0.15) is 35.6 Å². The number of fused-ring (bicyclic) bond motifs is 8. The van der Waals surface area contributed by atoms with E-state index in [4.69, 9.17) is 5.73 Å². The second kappa shape index (κ2) is 15.7. The molecule has 0 atom stereocenters. The van der Waals surface area contributed by atoms with E-state index >= 15 is 0 Å². The van der Waals surface area contributed by atoms with Crippen molar-refractivity contribution in [2.45, 2.75) is 39.0 Å². The van der Waals surface area contributed by atoms with Gasteiger partial charge in [-0.2, -0.15) is 0 Å². The fraction of sp³-hybridized carbons (Fsp3) is 0.0952. The normalized spacial score (nSPS) is 13.4. The lowest BCUT2D eigenvalue weighted by Gasteiger charge is -2.31. The van der Waals surface area contributed by atoms with Crippen molar-refractivity contribution in [3.63, 3.8) is 0 Å². The van der Waals surface area contributed by atoms with E-state index < -0.39 is 0 Å². The minimum absolute atomic E-state index is 0.929. The highest BCUT2D eigenvalue weighted by Gasteiger charge is 2.33. The standard InChI is InChI=1S/C63H48N4/c1-2-3-15-50(38-64)66-58-31-27-46(44-21-17-42(18-22-44)40-11-6-4-7-12-40)34-54(58)56-36-48-25-26-49-37-57-55-35-47(45-23-19-43(20-24-45)41-13-8-5-9-14-41)28-32-59(55)67(51-16-10-33-65-39-51)63(57)53-30-29-52(62(56)66)60(48)61(49)53/h3-24,27-28,31-39H,2,25-26,29-30,64H2,1H3/b15-3-,50-38+. The van der Waals surface area contributed by atoms with Crippen LogP contribution in [0.4, 0.5) is 0 Å². The molecule has 2 aliphatic carbocycles. The molecule has 0 amide bonds. The molecule has 0 aliphatic heterocycles. The molecule has 3 heterocycles. The Morgan fingerprint density at radius 1 is 0.507 bits per heavy atom. The molecule has 2 aliphatic rings. The first-order chi connectivity index (χ1) is 33.1. The lowest BCUT2D eigenvalue weighted by molar-refractivity contribution is 0.883. The number of hydrogen-bond acceptors (Lipinski definition) is 2. The molecule has 11 aromatic rings. The highest BCUT2D eigenvalue weighted by atomic mass is 15.0. The molecule has 0 saturated heterocycles. The van der Waals surface area contributed by atoms with Crippen molar-refractivity contribution in [3.8, 4) is 61.3 Å². The molecule has 0 radical (unpaired) electrons. The summed E-state index contributed by atoms with van der Waals surface area (Å²) in [6.45, 7) is 2.18. The molecule has 2 N–H and O–H groups in total. The zero-order valence-corrected chi connectivity index (χ0v) is 37.5. The Balaban J connectivity index is 1.01. The highest BCUT2D eigenvalue weighted by Crippen LogP contribution is 2.51. The summed E-state index contributed by atoms with van der Waals surface area (Å²) in [6, 6.07) is 62.6. The smallest absolute Gasteiger partial charge is 0.0645 e. The van der Waals surface area contributed by atoms with Crippen molar-refractivity contribution >= 4 is 49.3 Å². The van der Waals surface area contributed by atoms with Crippen LogP contribution in [0.5, 0.6) is 0 Å². The number of rotatable bonds is 8. The van der Waals surface area contributed by atoms with Crippen LogP contribution in [0.15, 0.2) is 201 Å². The number of nitrogens with zero attached hydrogens (tertiary/aromatic N) is 3. The summed E-state index contributed by atoms with van der Waals surface area (Å²) < 4.78 is 4.94. The van der Waals surface area contributed by atoms with Crippen molar-refractivity contribution in [2.75, 3.05) is 0 Å². The van der Waals surface area contributed by atoms with E-state index in [1.807, 2.05) is 12.4 Å². The second-order valence-corrected chi connectivity index (χ2v) is 18.2. The molecule has 8 aromatic carbocycles. The van der Waals surface area contributed by atoms with Gasteiger partial charge in [0.2, 0.25) is 0 Å². The van der Waals surface area contributed by atoms with Crippen molar-refractivity contribution in [1.29, 1.82) is 0 Å². The Labute approximate surface area is 390 Å². The quantitative estimate of drug-likeness (QED) is 0.155. The second-order valence-electron chi connectivity index (χ2n) is 18.2. The highest BCUT2D eigenvalue weighted by molar-refractivity contribution is 6.17. The van der Waals surface area contributed by atoms with Crippen LogP contribution in [-0.2, 0) is 25.7 Å². The summed E-state index contributed by atoms with van der Waals surface area (Å²) in [4.78, 5) is 4.65. The number of hydrogen-bond donors (Lipinski definition) is 1. The minimum atomic E-state index is 0.929. The van der Waals surface area contributed by atoms with Gasteiger partial charge < -0.3 is 14.9 Å². The van der Waals surface area contributed by atoms with Crippen LogP contribution >= 0.6 is 0 Å². The number of pyridine rings is 1. The molecule has 320 valence electrons. The van der Waals surface area contributed by atoms with E-state index in [0.717, 1.165) is 43.5 Å². The SMILES string of the molecule is CC/C=C\C(=C/N)n1c2ccc(-c3ccc(-c4ccccc4)cc3)cc2c2cc3c4c(c21)CCc1c-4c(cc2c4cc(-c5ccc(-c6ccccc6)cc5)ccc4n(-c4cccnc4)c12)CC3. The zero-order valence-electron chi connectivity index (χ0n) is 37.5. The van der Waals surface area contributed by atoms with Crippen LogP contribution < -0.4 is 5.73 Å². The average molecular weight is 861 g/mol. The lowest BCUT2D eigenvalue weighted by Crippen LogP contribution is -2.16. The number of aryl methyl sites for hydroxylation is 4. The summed E-state index contributed by atoms with van der Waals surface area (Å²) in [5.74, 6) is 0. The molecule has 67 heavy (non-hydrogen) atoms. The van der Waals surface area contributed by atoms with Gasteiger partial charge in [-0.15, -0.1) is 0 Å². The van der Waals surface area contributed by atoms with E-state index in [0.29, 0.717) is 0 Å². The topological polar surface area (TPSA) is 48.8 Å². The van der Waals surface area contributed by atoms with Gasteiger partial charge in [-0.25, -0.2) is 0 Å². The predicted molar refractivity (Wildman–Crippen MR) is 281 cm³/mol. The Morgan fingerprint density at radius 3 is 1.54 bits per heavy atom. The fourth-order valence-electron chi connectivity index (χ4n) is 11.5. The monoisotopic (exact) mass is 860 g/mol. The van der Waals surface area contributed by atoms with Gasteiger partial charge in [0.05, 0.1) is 39.6 Å². The molecule has 4 nitrogen and oxygen atoms in total. The molecule has 0 saturated carbocycles. The molecule has 0 unspecified atom stereocenters. The van der Waals surface area contributed by atoms with E-state index in [1.54, 1.807) is 6.20 Å². The van der Waals surface area contributed by atoms with Crippen LogP contribution in [0.2, 0.25) is 0 Å². The van der Waals surface area contributed by atoms with Crippen molar-refractivity contribution in [1.82, 2.24) is 14.1 Å². The van der Waals surface area contributed by atoms with E-state index in [1.165, 1.54) is 122 Å². The van der Waals surface area contributed by atoms with Crippen LogP contribution in [-0.4, -0.2) is 14.1 Å². The van der Waals surface area contributed by atoms with Gasteiger partial charge in [-0.3, -0.25) is 4.98 Å².